The number of hydrogen-bond donors (Lipinski definition) is 1. The van der Waals surface area contributed by atoms with Gasteiger partial charge in [0.2, 0.25) is 5.91 Å². The Labute approximate surface area is 103 Å². The summed E-state index contributed by atoms with van der Waals surface area (Å²) in [4.78, 5) is 14.4. The maximum atomic E-state index is 12.4. The smallest absolute Gasteiger partial charge is 0.242 e. The van der Waals surface area contributed by atoms with E-state index in [2.05, 4.69) is 0 Å². The lowest BCUT2D eigenvalue weighted by Crippen LogP contribution is -2.58. The molecule has 17 heavy (non-hydrogen) atoms. The van der Waals surface area contributed by atoms with Gasteiger partial charge in [0.15, 0.2) is 0 Å². The second-order valence-corrected chi connectivity index (χ2v) is 5.44. The van der Waals surface area contributed by atoms with E-state index in [0.29, 0.717) is 6.10 Å². The van der Waals surface area contributed by atoms with Crippen molar-refractivity contribution in [2.75, 3.05) is 20.2 Å². The molecule has 0 aromatic carbocycles. The lowest BCUT2D eigenvalue weighted by Gasteiger charge is -2.39. The highest BCUT2D eigenvalue weighted by molar-refractivity contribution is 5.86. The van der Waals surface area contributed by atoms with Crippen molar-refractivity contribution in [2.24, 2.45) is 5.73 Å². The third-order valence-corrected chi connectivity index (χ3v) is 4.23. The summed E-state index contributed by atoms with van der Waals surface area (Å²) < 4.78 is 5.32. The fourth-order valence-corrected chi connectivity index (χ4v) is 3.01. The number of rotatable bonds is 2. The van der Waals surface area contributed by atoms with Gasteiger partial charge in [-0.3, -0.25) is 4.79 Å². The average molecular weight is 240 g/mol. The zero-order valence-electron chi connectivity index (χ0n) is 10.8. The van der Waals surface area contributed by atoms with Gasteiger partial charge in [0.25, 0.3) is 0 Å². The number of methoxy groups -OCH3 is 1. The zero-order valence-corrected chi connectivity index (χ0v) is 10.8. The van der Waals surface area contributed by atoms with E-state index in [1.807, 2.05) is 4.90 Å². The number of carbonyl (C=O) groups is 1. The van der Waals surface area contributed by atoms with Crippen LogP contribution < -0.4 is 5.73 Å². The van der Waals surface area contributed by atoms with Crippen LogP contribution in [0.5, 0.6) is 0 Å². The monoisotopic (exact) mass is 240 g/mol. The molecule has 0 bridgehead atoms. The third-order valence-electron chi connectivity index (χ3n) is 4.23. The molecule has 0 unspecified atom stereocenters. The van der Waals surface area contributed by atoms with Crippen molar-refractivity contribution in [3.05, 3.63) is 0 Å². The van der Waals surface area contributed by atoms with Crippen molar-refractivity contribution in [1.29, 1.82) is 0 Å². The van der Waals surface area contributed by atoms with Gasteiger partial charge in [-0.1, -0.05) is 19.3 Å². The number of carbonyl (C=O) groups excluding carboxylic acids is 1. The first-order chi connectivity index (χ1) is 8.15. The first kappa shape index (κ1) is 12.8. The molecule has 2 aliphatic rings. The molecular formula is C13H24N2O2. The van der Waals surface area contributed by atoms with Crippen LogP contribution in [0.25, 0.3) is 0 Å². The van der Waals surface area contributed by atoms with Crippen molar-refractivity contribution in [2.45, 2.75) is 56.6 Å². The van der Waals surface area contributed by atoms with Crippen LogP contribution >= 0.6 is 0 Å². The summed E-state index contributed by atoms with van der Waals surface area (Å²) in [6.07, 6.45) is 7.33. The van der Waals surface area contributed by atoms with Gasteiger partial charge < -0.3 is 15.4 Å². The van der Waals surface area contributed by atoms with E-state index in [1.165, 1.54) is 6.42 Å². The van der Waals surface area contributed by atoms with E-state index in [9.17, 15) is 4.79 Å². The zero-order chi connectivity index (χ0) is 12.3. The van der Waals surface area contributed by atoms with Gasteiger partial charge in [-0.15, -0.1) is 0 Å². The second-order valence-electron chi connectivity index (χ2n) is 5.44. The topological polar surface area (TPSA) is 55.6 Å². The van der Waals surface area contributed by atoms with Gasteiger partial charge in [-0.25, -0.2) is 0 Å². The van der Waals surface area contributed by atoms with E-state index in [1.54, 1.807) is 7.11 Å². The number of amides is 1. The highest BCUT2D eigenvalue weighted by atomic mass is 16.5. The molecule has 1 aliphatic carbocycles. The summed E-state index contributed by atoms with van der Waals surface area (Å²) in [7, 11) is 1.74. The summed E-state index contributed by atoms with van der Waals surface area (Å²) in [6, 6.07) is 0. The highest BCUT2D eigenvalue weighted by Gasteiger charge is 2.39. The first-order valence-electron chi connectivity index (χ1n) is 6.77. The lowest BCUT2D eigenvalue weighted by atomic mass is 9.81. The molecule has 1 saturated heterocycles. The lowest BCUT2D eigenvalue weighted by molar-refractivity contribution is -0.140. The summed E-state index contributed by atoms with van der Waals surface area (Å²) in [5, 5.41) is 0. The van der Waals surface area contributed by atoms with Crippen LogP contribution in [0.3, 0.4) is 0 Å². The first-order valence-corrected chi connectivity index (χ1v) is 6.77. The number of ether oxygens (including phenoxy) is 1. The number of hydrogen-bond acceptors (Lipinski definition) is 3. The van der Waals surface area contributed by atoms with Crippen LogP contribution in [0.2, 0.25) is 0 Å². The van der Waals surface area contributed by atoms with E-state index in [4.69, 9.17) is 10.5 Å². The van der Waals surface area contributed by atoms with Gasteiger partial charge in [0.05, 0.1) is 11.6 Å². The highest BCUT2D eigenvalue weighted by Crippen LogP contribution is 2.28. The number of nitrogens with zero attached hydrogens (tertiary/aromatic N) is 1. The Balaban J connectivity index is 1.91. The molecule has 0 radical (unpaired) electrons. The Morgan fingerprint density at radius 2 is 1.82 bits per heavy atom. The third kappa shape index (κ3) is 2.80. The largest absolute Gasteiger partial charge is 0.381 e. The van der Waals surface area contributed by atoms with Crippen molar-refractivity contribution >= 4 is 5.91 Å². The van der Waals surface area contributed by atoms with Crippen LogP contribution in [-0.2, 0) is 9.53 Å². The minimum atomic E-state index is -0.571. The Hall–Kier alpha value is -0.610. The van der Waals surface area contributed by atoms with Gasteiger partial charge in [0, 0.05) is 20.2 Å². The van der Waals surface area contributed by atoms with Gasteiger partial charge >= 0.3 is 0 Å². The number of nitrogens with two attached hydrogens (primary N) is 1. The van der Waals surface area contributed by atoms with Crippen LogP contribution in [0.15, 0.2) is 0 Å². The van der Waals surface area contributed by atoms with Gasteiger partial charge in [0.1, 0.15) is 0 Å². The Morgan fingerprint density at radius 3 is 2.35 bits per heavy atom. The van der Waals surface area contributed by atoms with Crippen molar-refractivity contribution in [3.63, 3.8) is 0 Å². The van der Waals surface area contributed by atoms with E-state index < -0.39 is 5.54 Å². The molecule has 0 aromatic heterocycles. The van der Waals surface area contributed by atoms with Crippen molar-refractivity contribution in [1.82, 2.24) is 4.90 Å². The van der Waals surface area contributed by atoms with Crippen molar-refractivity contribution in [3.8, 4) is 0 Å². The molecule has 1 heterocycles. The maximum absolute atomic E-state index is 12.4. The molecule has 98 valence electrons. The molecule has 4 nitrogen and oxygen atoms in total. The molecular weight excluding hydrogens is 216 g/mol. The molecule has 1 amide bonds. The summed E-state index contributed by atoms with van der Waals surface area (Å²) in [5.41, 5.74) is 5.71. The summed E-state index contributed by atoms with van der Waals surface area (Å²) in [5.74, 6) is 0.173. The summed E-state index contributed by atoms with van der Waals surface area (Å²) >= 11 is 0. The van der Waals surface area contributed by atoms with Crippen molar-refractivity contribution < 1.29 is 9.53 Å². The minimum absolute atomic E-state index is 0.173. The van der Waals surface area contributed by atoms with Gasteiger partial charge in [-0.05, 0) is 25.7 Å². The molecule has 1 saturated carbocycles. The van der Waals surface area contributed by atoms with Crippen LogP contribution in [0.4, 0.5) is 0 Å². The minimum Gasteiger partial charge on any atom is -0.381 e. The van der Waals surface area contributed by atoms with E-state index in [-0.39, 0.29) is 5.91 Å². The molecule has 0 aromatic rings. The van der Waals surface area contributed by atoms with E-state index >= 15 is 0 Å². The molecule has 0 spiro atoms. The van der Waals surface area contributed by atoms with Crippen LogP contribution in [0.1, 0.15) is 44.9 Å². The number of likely N-dealkylation sites (tertiary alicyclic amines) is 1. The predicted octanol–water partition coefficient (Wildman–Crippen LogP) is 1.29. The summed E-state index contributed by atoms with van der Waals surface area (Å²) in [6.45, 7) is 1.60. The Bertz CT molecular complexity index is 267. The Morgan fingerprint density at radius 1 is 1.24 bits per heavy atom. The fourth-order valence-electron chi connectivity index (χ4n) is 3.01. The molecule has 2 rings (SSSR count). The predicted molar refractivity (Wildman–Crippen MR) is 66.6 cm³/mol. The quantitative estimate of drug-likeness (QED) is 0.791. The van der Waals surface area contributed by atoms with Crippen LogP contribution in [-0.4, -0.2) is 42.6 Å². The average Bonchev–Trinajstić information content (AvgIpc) is 2.39. The standard InChI is InChI=1S/C13H24N2O2/c1-17-11-5-9-15(10-6-11)12(16)13(14)7-3-2-4-8-13/h11H,2-10,14H2,1H3. The fraction of sp³-hybridized carbons (Fsp3) is 0.923. The Kier molecular flexibility index (Phi) is 4.05. The molecule has 2 N–H and O–H groups in total. The second kappa shape index (κ2) is 5.36. The number of piperidine rings is 1. The molecule has 4 heteroatoms. The molecule has 0 atom stereocenters. The SMILES string of the molecule is COC1CCN(C(=O)C2(N)CCCCC2)CC1. The maximum Gasteiger partial charge on any atom is 0.242 e. The van der Waals surface area contributed by atoms with E-state index in [0.717, 1.165) is 51.6 Å². The molecule has 1 aliphatic heterocycles. The normalized spacial score (nSPS) is 25.9. The van der Waals surface area contributed by atoms with Crippen LogP contribution in [0, 0.1) is 0 Å². The van der Waals surface area contributed by atoms with Gasteiger partial charge in [-0.2, -0.15) is 0 Å². The molecule has 2 fully saturated rings.